The minimum Gasteiger partial charge on any atom is -0.378 e. The first-order valence-corrected chi connectivity index (χ1v) is 14.9. The Labute approximate surface area is 241 Å². The Balaban J connectivity index is 1.32. The van der Waals surface area contributed by atoms with Crippen LogP contribution in [0.25, 0.3) is 10.2 Å². The molecule has 0 bridgehead atoms. The smallest absolute Gasteiger partial charge is 0.256 e. The summed E-state index contributed by atoms with van der Waals surface area (Å²) in [5, 5.41) is 2.96. The van der Waals surface area contributed by atoms with Crippen LogP contribution in [-0.4, -0.2) is 53.8 Å². The van der Waals surface area contributed by atoms with Gasteiger partial charge in [0.1, 0.15) is 0 Å². The van der Waals surface area contributed by atoms with Gasteiger partial charge in [-0.25, -0.2) is 4.98 Å². The van der Waals surface area contributed by atoms with Crippen LogP contribution in [0.2, 0.25) is 0 Å². The van der Waals surface area contributed by atoms with Crippen molar-refractivity contribution in [1.82, 2.24) is 9.88 Å². The van der Waals surface area contributed by atoms with Gasteiger partial charge >= 0.3 is 0 Å². The number of benzene rings is 3. The maximum absolute atomic E-state index is 13.2. The van der Waals surface area contributed by atoms with Gasteiger partial charge in [0.25, 0.3) is 11.8 Å². The molecule has 40 heavy (non-hydrogen) atoms. The molecule has 0 atom stereocenters. The molecule has 3 aromatic carbocycles. The Morgan fingerprint density at radius 1 is 1.00 bits per heavy atom. The van der Waals surface area contributed by atoms with Crippen molar-refractivity contribution in [2.75, 3.05) is 31.6 Å². The van der Waals surface area contributed by atoms with Crippen molar-refractivity contribution in [1.29, 1.82) is 0 Å². The monoisotopic (exact) mass is 573 g/mol. The Morgan fingerprint density at radius 2 is 1.73 bits per heavy atom. The molecular weight excluding hydrogens is 542 g/mol. The quantitative estimate of drug-likeness (QED) is 0.202. The van der Waals surface area contributed by atoms with E-state index in [1.807, 2.05) is 32.0 Å². The Morgan fingerprint density at radius 3 is 2.45 bits per heavy atom. The number of ketones is 1. The number of nitrogens with zero attached hydrogens (tertiary/aromatic N) is 2. The molecule has 4 aromatic rings. The van der Waals surface area contributed by atoms with E-state index in [2.05, 4.69) is 18.3 Å². The lowest BCUT2D eigenvalue weighted by Gasteiger charge is -2.27. The molecule has 9 heteroatoms. The highest BCUT2D eigenvalue weighted by Gasteiger charge is 2.23. The van der Waals surface area contributed by atoms with Crippen molar-refractivity contribution in [3.8, 4) is 0 Å². The number of anilines is 1. The van der Waals surface area contributed by atoms with Crippen LogP contribution in [-0.2, 0) is 10.5 Å². The number of carbonyl (C=O) groups is 3. The molecule has 0 unspecified atom stereocenters. The predicted molar refractivity (Wildman–Crippen MR) is 161 cm³/mol. The zero-order valence-corrected chi connectivity index (χ0v) is 24.6. The zero-order chi connectivity index (χ0) is 28.4. The van der Waals surface area contributed by atoms with Gasteiger partial charge in [-0.15, -0.1) is 11.3 Å². The largest absolute Gasteiger partial charge is 0.378 e. The van der Waals surface area contributed by atoms with E-state index in [-0.39, 0.29) is 17.6 Å². The van der Waals surface area contributed by atoms with E-state index in [4.69, 9.17) is 9.72 Å². The van der Waals surface area contributed by atoms with E-state index in [1.54, 1.807) is 59.2 Å². The van der Waals surface area contributed by atoms with E-state index in [9.17, 15) is 14.4 Å². The van der Waals surface area contributed by atoms with Crippen molar-refractivity contribution in [2.45, 2.75) is 37.8 Å². The first-order valence-electron chi connectivity index (χ1n) is 13.1. The summed E-state index contributed by atoms with van der Waals surface area (Å²) < 4.78 is 7.23. The maximum atomic E-state index is 13.2. The van der Waals surface area contributed by atoms with Gasteiger partial charge in [-0.3, -0.25) is 14.4 Å². The second-order valence-electron chi connectivity index (χ2n) is 9.90. The second kappa shape index (κ2) is 11.9. The highest BCUT2D eigenvalue weighted by Crippen LogP contribution is 2.35. The maximum Gasteiger partial charge on any atom is 0.256 e. The van der Waals surface area contributed by atoms with E-state index >= 15 is 0 Å². The molecule has 2 heterocycles. The van der Waals surface area contributed by atoms with E-state index in [1.165, 1.54) is 11.1 Å². The number of thiazole rings is 1. The topological polar surface area (TPSA) is 88.6 Å². The number of amides is 2. The fourth-order valence-corrected chi connectivity index (χ4v) is 7.46. The average Bonchev–Trinajstić information content (AvgIpc) is 3.34. The SMILES string of the molecule is CC(=O)c1c(C)cc(C)c(CSc2nc3ccc(NC(=O)c4ccccc4C(=O)N4CCOCC4)cc3s2)c1C. The summed E-state index contributed by atoms with van der Waals surface area (Å²) >= 11 is 3.21. The van der Waals surface area contributed by atoms with Gasteiger partial charge in [0, 0.05) is 30.1 Å². The molecule has 1 aliphatic heterocycles. The molecule has 1 N–H and O–H groups in total. The predicted octanol–water partition coefficient (Wildman–Crippen LogP) is 6.44. The molecule has 0 saturated carbocycles. The van der Waals surface area contributed by atoms with Crippen LogP contribution in [0.5, 0.6) is 0 Å². The van der Waals surface area contributed by atoms with Gasteiger partial charge in [0.05, 0.1) is 34.6 Å². The number of aromatic nitrogens is 1. The Kier molecular flexibility index (Phi) is 8.35. The standard InChI is InChI=1S/C31H31N3O4S2/c1-18-15-19(2)28(21(4)35)20(3)25(18)17-39-31-33-26-10-9-22(16-27(26)40-31)32-29(36)23-7-5-6-8-24(23)30(37)34-11-13-38-14-12-34/h5-10,15-16H,11-14,17H2,1-4H3,(H,32,36). The molecule has 5 rings (SSSR count). The number of nitrogens with one attached hydrogen (secondary N) is 1. The lowest BCUT2D eigenvalue weighted by molar-refractivity contribution is 0.0302. The number of rotatable bonds is 7. The van der Waals surface area contributed by atoms with Crippen molar-refractivity contribution < 1.29 is 19.1 Å². The molecule has 1 aliphatic rings. The van der Waals surface area contributed by atoms with E-state index < -0.39 is 0 Å². The Hall–Kier alpha value is -3.53. The van der Waals surface area contributed by atoms with Gasteiger partial charge in [-0.2, -0.15) is 0 Å². The summed E-state index contributed by atoms with van der Waals surface area (Å²) in [5.41, 5.74) is 7.42. The minimum atomic E-state index is -0.331. The number of hydrogen-bond donors (Lipinski definition) is 1. The number of carbonyl (C=O) groups excluding carboxylic acids is 3. The third-order valence-corrected chi connectivity index (χ3v) is 9.34. The number of fused-ring (bicyclic) bond motifs is 1. The van der Waals surface area contributed by atoms with Crippen LogP contribution in [0, 0.1) is 20.8 Å². The minimum absolute atomic E-state index is 0.0869. The van der Waals surface area contributed by atoms with Crippen molar-refractivity contribution in [3.05, 3.63) is 87.5 Å². The number of morpholine rings is 1. The number of ether oxygens (including phenoxy) is 1. The highest BCUT2D eigenvalue weighted by molar-refractivity contribution is 8.00. The molecule has 0 aliphatic carbocycles. The van der Waals surface area contributed by atoms with Gasteiger partial charge in [0.2, 0.25) is 0 Å². The first kappa shape index (κ1) is 28.0. The van der Waals surface area contributed by atoms with Gasteiger partial charge in [0.15, 0.2) is 10.1 Å². The lowest BCUT2D eigenvalue weighted by Crippen LogP contribution is -2.41. The molecule has 206 valence electrons. The van der Waals surface area contributed by atoms with Gasteiger partial charge < -0.3 is 15.0 Å². The molecule has 1 aromatic heterocycles. The van der Waals surface area contributed by atoms with Crippen molar-refractivity contribution >= 4 is 56.6 Å². The van der Waals surface area contributed by atoms with Crippen LogP contribution in [0.4, 0.5) is 5.69 Å². The molecular formula is C31H31N3O4S2. The summed E-state index contributed by atoms with van der Waals surface area (Å²) in [6.07, 6.45) is 0. The molecule has 1 fully saturated rings. The normalized spacial score (nSPS) is 13.4. The van der Waals surface area contributed by atoms with Gasteiger partial charge in [-0.05, 0) is 80.3 Å². The summed E-state index contributed by atoms with van der Waals surface area (Å²) in [6.45, 7) is 9.73. The number of Topliss-reactive ketones (excluding diaryl/α,β-unsaturated/α-hetero) is 1. The fraction of sp³-hybridized carbons (Fsp3) is 0.290. The van der Waals surface area contributed by atoms with E-state index in [0.717, 1.165) is 37.0 Å². The summed E-state index contributed by atoms with van der Waals surface area (Å²) in [4.78, 5) is 45.0. The molecule has 2 amide bonds. The third kappa shape index (κ3) is 5.82. The number of thioether (sulfide) groups is 1. The van der Waals surface area contributed by atoms with Gasteiger partial charge in [-0.1, -0.05) is 30.0 Å². The lowest BCUT2D eigenvalue weighted by atomic mass is 9.92. The average molecular weight is 574 g/mol. The van der Waals surface area contributed by atoms with Crippen LogP contribution in [0.15, 0.2) is 52.9 Å². The third-order valence-electron chi connectivity index (χ3n) is 7.15. The summed E-state index contributed by atoms with van der Waals surface area (Å²) in [5.74, 6) is 0.310. The summed E-state index contributed by atoms with van der Waals surface area (Å²) in [6, 6.07) is 14.6. The fourth-order valence-electron chi connectivity index (χ4n) is 5.17. The Bertz CT molecular complexity index is 1620. The highest BCUT2D eigenvalue weighted by atomic mass is 32.2. The van der Waals surface area contributed by atoms with Crippen LogP contribution in [0.3, 0.4) is 0 Å². The first-order chi connectivity index (χ1) is 19.2. The number of aryl methyl sites for hydroxylation is 2. The molecule has 7 nitrogen and oxygen atoms in total. The van der Waals surface area contributed by atoms with Crippen LogP contribution >= 0.6 is 23.1 Å². The number of hydrogen-bond acceptors (Lipinski definition) is 7. The molecule has 1 saturated heterocycles. The molecule has 0 radical (unpaired) electrons. The zero-order valence-electron chi connectivity index (χ0n) is 23.0. The van der Waals surface area contributed by atoms with Crippen molar-refractivity contribution in [3.63, 3.8) is 0 Å². The summed E-state index contributed by atoms with van der Waals surface area (Å²) in [7, 11) is 0. The molecule has 0 spiro atoms. The van der Waals surface area contributed by atoms with Crippen LogP contribution in [0.1, 0.15) is 60.3 Å². The van der Waals surface area contributed by atoms with Crippen LogP contribution < -0.4 is 5.32 Å². The van der Waals surface area contributed by atoms with E-state index in [0.29, 0.717) is 43.1 Å². The van der Waals surface area contributed by atoms with Crippen molar-refractivity contribution in [2.24, 2.45) is 0 Å². The second-order valence-corrected chi connectivity index (χ2v) is 12.2.